The first-order chi connectivity index (χ1) is 8.10. The van der Waals surface area contributed by atoms with Gasteiger partial charge in [0.2, 0.25) is 0 Å². The second-order valence-electron chi connectivity index (χ2n) is 5.35. The van der Waals surface area contributed by atoms with Crippen molar-refractivity contribution in [3.8, 4) is 0 Å². The Balaban J connectivity index is 2.29. The van der Waals surface area contributed by atoms with Gasteiger partial charge in [0.15, 0.2) is 10.4 Å². The smallest absolute Gasteiger partial charge is 0.179 e. The Bertz CT molecular complexity index is 617. The van der Waals surface area contributed by atoms with Crippen LogP contribution in [0.25, 0.3) is 11.2 Å². The molecule has 0 spiro atoms. The number of aromatic amines is 1. The van der Waals surface area contributed by atoms with E-state index in [1.54, 1.807) is 0 Å². The number of fused-ring (bicyclic) bond motifs is 1. The van der Waals surface area contributed by atoms with Crippen molar-refractivity contribution in [1.29, 1.82) is 0 Å². The van der Waals surface area contributed by atoms with E-state index in [1.165, 1.54) is 25.7 Å². The van der Waals surface area contributed by atoms with E-state index in [1.807, 2.05) is 6.20 Å². The number of aryl methyl sites for hydroxylation is 1. The zero-order chi connectivity index (χ0) is 12.0. The summed E-state index contributed by atoms with van der Waals surface area (Å²) < 4.78 is 3.03. The van der Waals surface area contributed by atoms with Gasteiger partial charge in [-0.05, 0) is 50.5 Å². The van der Waals surface area contributed by atoms with E-state index in [2.05, 4.69) is 34.4 Å². The van der Waals surface area contributed by atoms with E-state index in [0.29, 0.717) is 0 Å². The Morgan fingerprint density at radius 1 is 1.41 bits per heavy atom. The second-order valence-corrected chi connectivity index (χ2v) is 5.74. The van der Waals surface area contributed by atoms with Gasteiger partial charge in [-0.2, -0.15) is 0 Å². The largest absolute Gasteiger partial charge is 0.329 e. The Morgan fingerprint density at radius 3 is 2.82 bits per heavy atom. The van der Waals surface area contributed by atoms with Crippen LogP contribution >= 0.6 is 12.2 Å². The number of nitrogens with zero attached hydrogens (tertiary/aromatic N) is 2. The fourth-order valence-corrected chi connectivity index (χ4v) is 3.38. The summed E-state index contributed by atoms with van der Waals surface area (Å²) in [6.45, 7) is 4.35. The van der Waals surface area contributed by atoms with Crippen LogP contribution in [0.4, 0.5) is 0 Å². The van der Waals surface area contributed by atoms with Crippen molar-refractivity contribution in [2.45, 2.75) is 45.1 Å². The van der Waals surface area contributed by atoms with Gasteiger partial charge in [-0.1, -0.05) is 12.8 Å². The summed E-state index contributed by atoms with van der Waals surface area (Å²) in [4.78, 5) is 7.84. The summed E-state index contributed by atoms with van der Waals surface area (Å²) in [6, 6.07) is 2.12. The summed E-state index contributed by atoms with van der Waals surface area (Å²) in [6.07, 6.45) is 6.89. The molecule has 0 aromatic carbocycles. The van der Waals surface area contributed by atoms with Crippen molar-refractivity contribution < 1.29 is 0 Å². The summed E-state index contributed by atoms with van der Waals surface area (Å²) in [5, 5.41) is 0. The van der Waals surface area contributed by atoms with Crippen LogP contribution in [0.2, 0.25) is 0 Å². The number of imidazole rings is 1. The molecule has 3 rings (SSSR count). The minimum absolute atomic E-state index is 0.150. The molecule has 0 atom stereocenters. The molecular formula is C13H17N3S. The molecule has 2 heterocycles. The lowest BCUT2D eigenvalue weighted by molar-refractivity contribution is 0.333. The number of nitrogens with one attached hydrogen (secondary N) is 1. The summed E-state index contributed by atoms with van der Waals surface area (Å²) in [5.74, 6) is 0. The van der Waals surface area contributed by atoms with Crippen molar-refractivity contribution in [1.82, 2.24) is 14.5 Å². The molecule has 0 aliphatic heterocycles. The van der Waals surface area contributed by atoms with Crippen molar-refractivity contribution in [2.75, 3.05) is 0 Å². The van der Waals surface area contributed by atoms with Crippen LogP contribution in [-0.4, -0.2) is 14.5 Å². The van der Waals surface area contributed by atoms with Gasteiger partial charge in [-0.3, -0.25) is 4.57 Å². The van der Waals surface area contributed by atoms with Crippen LogP contribution in [0.3, 0.4) is 0 Å². The molecule has 0 unspecified atom stereocenters. The second kappa shape index (κ2) is 3.67. The monoisotopic (exact) mass is 247 g/mol. The molecular weight excluding hydrogens is 230 g/mol. The minimum atomic E-state index is 0.150. The van der Waals surface area contributed by atoms with Gasteiger partial charge in [-0.25, -0.2) is 4.98 Å². The Hall–Kier alpha value is -1.16. The molecule has 17 heavy (non-hydrogen) atoms. The Morgan fingerprint density at radius 2 is 2.12 bits per heavy atom. The molecule has 1 saturated carbocycles. The van der Waals surface area contributed by atoms with Gasteiger partial charge in [0, 0.05) is 11.7 Å². The van der Waals surface area contributed by atoms with E-state index in [0.717, 1.165) is 21.5 Å². The number of pyridine rings is 1. The maximum Gasteiger partial charge on any atom is 0.179 e. The van der Waals surface area contributed by atoms with Crippen LogP contribution in [-0.2, 0) is 5.54 Å². The third kappa shape index (κ3) is 1.62. The lowest BCUT2D eigenvalue weighted by Crippen LogP contribution is -2.26. The van der Waals surface area contributed by atoms with Crippen molar-refractivity contribution in [3.63, 3.8) is 0 Å². The SMILES string of the molecule is Cc1cnc2c(c1)[nH]c(=S)n2C1(C)CCCC1. The maximum absolute atomic E-state index is 5.47. The van der Waals surface area contributed by atoms with Crippen molar-refractivity contribution in [3.05, 3.63) is 22.6 Å². The first kappa shape index (κ1) is 11.0. The number of hydrogen-bond acceptors (Lipinski definition) is 2. The van der Waals surface area contributed by atoms with Crippen LogP contribution in [0.5, 0.6) is 0 Å². The summed E-state index contributed by atoms with van der Waals surface area (Å²) >= 11 is 5.47. The molecule has 1 N–H and O–H groups in total. The van der Waals surface area contributed by atoms with Gasteiger partial charge in [-0.15, -0.1) is 0 Å². The van der Waals surface area contributed by atoms with E-state index in [-0.39, 0.29) is 5.54 Å². The minimum Gasteiger partial charge on any atom is -0.329 e. The van der Waals surface area contributed by atoms with Crippen LogP contribution in [0.15, 0.2) is 12.3 Å². The van der Waals surface area contributed by atoms with E-state index < -0.39 is 0 Å². The molecule has 3 nitrogen and oxygen atoms in total. The highest BCUT2D eigenvalue weighted by Gasteiger charge is 2.32. The molecule has 0 radical (unpaired) electrons. The van der Waals surface area contributed by atoms with Gasteiger partial charge in [0.25, 0.3) is 0 Å². The van der Waals surface area contributed by atoms with Gasteiger partial charge in [0.1, 0.15) is 0 Å². The van der Waals surface area contributed by atoms with E-state index in [9.17, 15) is 0 Å². The molecule has 0 saturated heterocycles. The number of hydrogen-bond donors (Lipinski definition) is 1. The van der Waals surface area contributed by atoms with E-state index in [4.69, 9.17) is 12.2 Å². The fourth-order valence-electron chi connectivity index (χ4n) is 2.96. The predicted octanol–water partition coefficient (Wildman–Crippen LogP) is 3.69. The quantitative estimate of drug-likeness (QED) is 0.780. The topological polar surface area (TPSA) is 33.6 Å². The van der Waals surface area contributed by atoms with Gasteiger partial charge < -0.3 is 4.98 Å². The number of aromatic nitrogens is 3. The van der Waals surface area contributed by atoms with Crippen molar-refractivity contribution in [2.24, 2.45) is 0 Å². The van der Waals surface area contributed by atoms with Gasteiger partial charge >= 0.3 is 0 Å². The molecule has 0 bridgehead atoms. The van der Waals surface area contributed by atoms with Crippen LogP contribution in [0, 0.1) is 11.7 Å². The molecule has 4 heteroatoms. The molecule has 2 aromatic rings. The summed E-state index contributed by atoms with van der Waals surface area (Å²) in [7, 11) is 0. The number of rotatable bonds is 1. The highest BCUT2D eigenvalue weighted by molar-refractivity contribution is 7.71. The van der Waals surface area contributed by atoms with Gasteiger partial charge in [0.05, 0.1) is 5.52 Å². The van der Waals surface area contributed by atoms with Crippen LogP contribution in [0.1, 0.15) is 38.2 Å². The number of H-pyrrole nitrogens is 1. The molecule has 1 aliphatic rings. The standard InChI is InChI=1S/C13H17N3S/c1-9-7-10-11(14-8-9)16(12(17)15-10)13(2)5-3-4-6-13/h7-8H,3-6H2,1-2H3,(H,15,17). The zero-order valence-corrected chi connectivity index (χ0v) is 11.1. The normalized spacial score (nSPS) is 18.9. The molecule has 1 fully saturated rings. The van der Waals surface area contributed by atoms with Crippen LogP contribution < -0.4 is 0 Å². The lowest BCUT2D eigenvalue weighted by atomic mass is 10.0. The lowest BCUT2D eigenvalue weighted by Gasteiger charge is -2.25. The maximum atomic E-state index is 5.47. The fraction of sp³-hybridized carbons (Fsp3) is 0.538. The average molecular weight is 247 g/mol. The molecule has 0 amide bonds. The third-order valence-corrected chi connectivity index (χ3v) is 4.17. The highest BCUT2D eigenvalue weighted by atomic mass is 32.1. The summed E-state index contributed by atoms with van der Waals surface area (Å²) in [5.41, 5.74) is 3.38. The molecule has 2 aromatic heterocycles. The molecule has 90 valence electrons. The Kier molecular flexibility index (Phi) is 2.36. The van der Waals surface area contributed by atoms with Crippen molar-refractivity contribution >= 4 is 23.4 Å². The first-order valence-electron chi connectivity index (χ1n) is 6.18. The predicted molar refractivity (Wildman–Crippen MR) is 71.8 cm³/mol. The molecule has 1 aliphatic carbocycles. The third-order valence-electron chi connectivity index (χ3n) is 3.88. The average Bonchev–Trinajstić information content (AvgIpc) is 2.81. The highest BCUT2D eigenvalue weighted by Crippen LogP contribution is 2.38. The Labute approximate surface area is 106 Å². The van der Waals surface area contributed by atoms with E-state index >= 15 is 0 Å². The first-order valence-corrected chi connectivity index (χ1v) is 6.59. The zero-order valence-electron chi connectivity index (χ0n) is 10.3.